The number of rotatable bonds is 6. The third-order valence-electron chi connectivity index (χ3n) is 7.60. The molecule has 1 saturated heterocycles. The Bertz CT molecular complexity index is 1180. The largest absolute Gasteiger partial charge is 0.493 e. The predicted octanol–water partition coefficient (Wildman–Crippen LogP) is 5.57. The van der Waals surface area contributed by atoms with Crippen molar-refractivity contribution in [3.8, 4) is 11.5 Å². The maximum atomic E-state index is 13.1. The van der Waals surface area contributed by atoms with Crippen LogP contribution < -0.4 is 20.1 Å². The summed E-state index contributed by atoms with van der Waals surface area (Å²) in [6.45, 7) is 5.51. The van der Waals surface area contributed by atoms with Crippen LogP contribution in [0.4, 0.5) is 28.0 Å². The Hall–Kier alpha value is -3.54. The van der Waals surface area contributed by atoms with Gasteiger partial charge >= 0.3 is 18.2 Å². The number of carboxylic acids is 1. The van der Waals surface area contributed by atoms with Gasteiger partial charge in [0.2, 0.25) is 0 Å². The average molecular weight is 570 g/mol. The number of amides is 2. The van der Waals surface area contributed by atoms with Gasteiger partial charge in [-0.25, -0.2) is 14.0 Å². The molecule has 3 unspecified atom stereocenters. The Morgan fingerprint density at radius 2 is 1.68 bits per heavy atom. The first-order valence-corrected chi connectivity index (χ1v) is 12.9. The van der Waals surface area contributed by atoms with Crippen LogP contribution >= 0.6 is 0 Å². The summed E-state index contributed by atoms with van der Waals surface area (Å²) >= 11 is 0. The van der Waals surface area contributed by atoms with Gasteiger partial charge in [-0.05, 0) is 88.0 Å². The number of fused-ring (bicyclic) bond motifs is 1. The van der Waals surface area contributed by atoms with Crippen LogP contribution in [-0.2, 0) is 10.2 Å². The Morgan fingerprint density at radius 3 is 2.23 bits per heavy atom. The normalized spacial score (nSPS) is 22.5. The number of alkyl halides is 3. The minimum Gasteiger partial charge on any atom is -0.493 e. The molecule has 1 aliphatic carbocycles. The van der Waals surface area contributed by atoms with Crippen molar-refractivity contribution in [3.63, 3.8) is 0 Å². The second-order valence-electron chi connectivity index (χ2n) is 10.2. The highest BCUT2D eigenvalue weighted by Crippen LogP contribution is 2.50. The van der Waals surface area contributed by atoms with Crippen LogP contribution in [0.5, 0.6) is 11.5 Å². The molecule has 3 atom stereocenters. The fraction of sp³-hybridized carbons (Fsp3) is 0.500. The van der Waals surface area contributed by atoms with Crippen LogP contribution in [-0.4, -0.2) is 67.1 Å². The van der Waals surface area contributed by atoms with Gasteiger partial charge in [0.05, 0.1) is 14.2 Å². The summed E-state index contributed by atoms with van der Waals surface area (Å²) in [6.07, 6.45) is -1.24. The number of carboxylic acid groups (broad SMARTS) is 1. The van der Waals surface area contributed by atoms with Crippen LogP contribution in [0.1, 0.15) is 45.1 Å². The third-order valence-corrected chi connectivity index (χ3v) is 7.60. The summed E-state index contributed by atoms with van der Waals surface area (Å²) in [4.78, 5) is 24.1. The van der Waals surface area contributed by atoms with Crippen LogP contribution in [0, 0.1) is 5.82 Å². The number of likely N-dealkylation sites (tertiary alicyclic amines) is 1. The second-order valence-corrected chi connectivity index (χ2v) is 10.2. The molecule has 2 fully saturated rings. The quantitative estimate of drug-likeness (QED) is 0.394. The molecule has 0 aromatic heterocycles. The molecular weight excluding hydrogens is 534 g/mol. The number of carbonyl (C=O) groups excluding carboxylic acids is 1. The average Bonchev–Trinajstić information content (AvgIpc) is 3.29. The van der Waals surface area contributed by atoms with E-state index in [1.54, 1.807) is 26.4 Å². The van der Waals surface area contributed by atoms with E-state index in [9.17, 15) is 22.4 Å². The molecule has 0 radical (unpaired) electrons. The number of hydrogen-bond donors (Lipinski definition) is 3. The molecule has 2 aromatic rings. The van der Waals surface area contributed by atoms with Crippen molar-refractivity contribution in [1.82, 2.24) is 10.2 Å². The molecule has 3 N–H and O–H groups in total. The first kappa shape index (κ1) is 31.0. The Balaban J connectivity index is 0.000000559. The fourth-order valence-corrected chi connectivity index (χ4v) is 5.70. The standard InChI is InChI=1S/C26H34FN3O3.C2HF3O2/c1-17(2)30-14-13-26(18-5-10-22(32-3)23(15-18)33-4)12-11-21(16-24(26)30)29-25(31)28-20-8-6-19(27)7-9-20;3-2(4,5)1(6)7/h5-10,15,17,21,24H,11-14,16H2,1-4H3,(H2,28,29,31);(H,6,7). The molecule has 1 heterocycles. The van der Waals surface area contributed by atoms with Gasteiger partial charge in [-0.3, -0.25) is 4.90 Å². The van der Waals surface area contributed by atoms with E-state index in [1.807, 2.05) is 6.07 Å². The highest BCUT2D eigenvalue weighted by Gasteiger charge is 2.52. The Labute approximate surface area is 230 Å². The number of urea groups is 1. The molecule has 1 aliphatic heterocycles. The lowest BCUT2D eigenvalue weighted by Crippen LogP contribution is -2.54. The molecular formula is C28H35F4N3O5. The number of nitrogens with one attached hydrogen (secondary N) is 2. The maximum Gasteiger partial charge on any atom is 0.490 e. The van der Waals surface area contributed by atoms with Crippen molar-refractivity contribution >= 4 is 17.7 Å². The van der Waals surface area contributed by atoms with E-state index in [0.717, 1.165) is 43.7 Å². The zero-order valence-electron chi connectivity index (χ0n) is 22.8. The summed E-state index contributed by atoms with van der Waals surface area (Å²) in [7, 11) is 3.33. The molecule has 40 heavy (non-hydrogen) atoms. The minimum absolute atomic E-state index is 0.0232. The van der Waals surface area contributed by atoms with Gasteiger partial charge in [0, 0.05) is 29.2 Å². The number of hydrogen-bond acceptors (Lipinski definition) is 5. The van der Waals surface area contributed by atoms with E-state index >= 15 is 0 Å². The van der Waals surface area contributed by atoms with Gasteiger partial charge < -0.3 is 25.2 Å². The van der Waals surface area contributed by atoms with E-state index in [2.05, 4.69) is 41.5 Å². The van der Waals surface area contributed by atoms with Crippen molar-refractivity contribution in [2.45, 2.75) is 69.2 Å². The summed E-state index contributed by atoms with van der Waals surface area (Å²) in [5, 5.41) is 13.1. The lowest BCUT2D eigenvalue weighted by atomic mass is 9.65. The number of halogens is 4. The molecule has 0 bridgehead atoms. The van der Waals surface area contributed by atoms with Gasteiger partial charge in [0.15, 0.2) is 11.5 Å². The van der Waals surface area contributed by atoms with Crippen molar-refractivity contribution in [2.75, 3.05) is 26.1 Å². The SMILES string of the molecule is COc1ccc(C23CCC(NC(=O)Nc4ccc(F)cc4)CC2N(C(C)C)CC3)cc1OC.O=C(O)C(F)(F)F. The maximum absolute atomic E-state index is 13.1. The number of methoxy groups -OCH3 is 2. The van der Waals surface area contributed by atoms with Crippen molar-refractivity contribution < 1.29 is 41.7 Å². The minimum atomic E-state index is -5.08. The number of nitrogens with zero attached hydrogens (tertiary/aromatic N) is 1. The van der Waals surface area contributed by atoms with E-state index in [1.165, 1.54) is 17.7 Å². The monoisotopic (exact) mass is 569 g/mol. The highest BCUT2D eigenvalue weighted by atomic mass is 19.4. The number of ether oxygens (including phenoxy) is 2. The fourth-order valence-electron chi connectivity index (χ4n) is 5.70. The predicted molar refractivity (Wildman–Crippen MR) is 141 cm³/mol. The number of benzene rings is 2. The summed E-state index contributed by atoms with van der Waals surface area (Å²) in [5.41, 5.74) is 1.88. The molecule has 8 nitrogen and oxygen atoms in total. The lowest BCUT2D eigenvalue weighted by molar-refractivity contribution is -0.192. The molecule has 1 saturated carbocycles. The Kier molecular flexibility index (Phi) is 9.88. The van der Waals surface area contributed by atoms with Crippen LogP contribution in [0.3, 0.4) is 0 Å². The van der Waals surface area contributed by atoms with Gasteiger partial charge in [-0.2, -0.15) is 13.2 Å². The molecule has 12 heteroatoms. The molecule has 220 valence electrons. The summed E-state index contributed by atoms with van der Waals surface area (Å²) < 4.78 is 55.9. The number of anilines is 1. The van der Waals surface area contributed by atoms with Gasteiger partial charge in [-0.15, -0.1) is 0 Å². The van der Waals surface area contributed by atoms with Gasteiger partial charge in [0.25, 0.3) is 0 Å². The van der Waals surface area contributed by atoms with E-state index in [4.69, 9.17) is 19.4 Å². The first-order valence-electron chi connectivity index (χ1n) is 12.9. The van der Waals surface area contributed by atoms with Gasteiger partial charge in [-0.1, -0.05) is 6.07 Å². The van der Waals surface area contributed by atoms with Crippen molar-refractivity contribution in [1.29, 1.82) is 0 Å². The van der Waals surface area contributed by atoms with Crippen LogP contribution in [0.25, 0.3) is 0 Å². The van der Waals surface area contributed by atoms with Crippen LogP contribution in [0.15, 0.2) is 42.5 Å². The second kappa shape index (κ2) is 12.8. The topological polar surface area (TPSA) is 100 Å². The van der Waals surface area contributed by atoms with Crippen molar-refractivity contribution in [3.05, 3.63) is 53.8 Å². The molecule has 4 rings (SSSR count). The smallest absolute Gasteiger partial charge is 0.490 e. The lowest BCUT2D eigenvalue weighted by Gasteiger charge is -2.46. The Morgan fingerprint density at radius 1 is 1.05 bits per heavy atom. The van der Waals surface area contributed by atoms with E-state index in [0.29, 0.717) is 17.8 Å². The zero-order valence-corrected chi connectivity index (χ0v) is 22.8. The molecule has 2 aliphatic rings. The number of aliphatic carboxylic acids is 1. The molecule has 2 amide bonds. The van der Waals surface area contributed by atoms with Crippen LogP contribution in [0.2, 0.25) is 0 Å². The summed E-state index contributed by atoms with van der Waals surface area (Å²) in [6, 6.07) is 12.7. The number of carbonyl (C=O) groups is 2. The zero-order chi connectivity index (χ0) is 29.7. The van der Waals surface area contributed by atoms with E-state index < -0.39 is 12.1 Å². The van der Waals surface area contributed by atoms with Gasteiger partial charge in [0.1, 0.15) is 5.82 Å². The molecule has 0 spiro atoms. The van der Waals surface area contributed by atoms with E-state index in [-0.39, 0.29) is 23.3 Å². The first-order chi connectivity index (χ1) is 18.8. The third kappa shape index (κ3) is 7.15. The highest BCUT2D eigenvalue weighted by molar-refractivity contribution is 5.89. The van der Waals surface area contributed by atoms with Crippen molar-refractivity contribution in [2.24, 2.45) is 0 Å². The molecule has 2 aromatic carbocycles. The summed E-state index contributed by atoms with van der Waals surface area (Å²) in [5.74, 6) is -1.59.